The predicted octanol–water partition coefficient (Wildman–Crippen LogP) is 1.50. The highest BCUT2D eigenvalue weighted by Gasteiger charge is 1.93. The van der Waals surface area contributed by atoms with Crippen molar-refractivity contribution in [2.75, 3.05) is 6.61 Å². The fourth-order valence-electron chi connectivity index (χ4n) is 0.280. The summed E-state index contributed by atoms with van der Waals surface area (Å²) in [6, 6.07) is 0. The van der Waals surface area contributed by atoms with Crippen molar-refractivity contribution in [3.8, 4) is 0 Å². The number of hydrogen-bond acceptors (Lipinski definition) is 1. The molecule has 0 radical (unpaired) electrons. The third-order valence-electron chi connectivity index (χ3n) is 0.552. The van der Waals surface area contributed by atoms with Crippen molar-refractivity contribution in [1.29, 1.82) is 0 Å². The van der Waals surface area contributed by atoms with E-state index in [2.05, 4.69) is 6.92 Å². The lowest BCUT2D eigenvalue weighted by molar-refractivity contribution is 0.333. The first-order valence-corrected chi connectivity index (χ1v) is 5.90. The van der Waals surface area contributed by atoms with Gasteiger partial charge in [-0.25, -0.2) is 0 Å². The summed E-state index contributed by atoms with van der Waals surface area (Å²) in [7, 11) is -1.22. The van der Waals surface area contributed by atoms with Crippen LogP contribution in [0.25, 0.3) is 0 Å². The van der Waals surface area contributed by atoms with Crippen molar-refractivity contribution in [3.05, 3.63) is 0 Å². The molecule has 0 fully saturated rings. The zero-order chi connectivity index (χ0) is 5.70. The van der Waals surface area contributed by atoms with Gasteiger partial charge in [0.05, 0.1) is 0 Å². The summed E-state index contributed by atoms with van der Waals surface area (Å²) in [6.07, 6.45) is 1.07. The van der Waals surface area contributed by atoms with Gasteiger partial charge in [-0.05, 0) is 13.0 Å². The summed E-state index contributed by atoms with van der Waals surface area (Å²) in [5, 5.41) is 0. The van der Waals surface area contributed by atoms with E-state index >= 15 is 0 Å². The van der Waals surface area contributed by atoms with Crippen LogP contribution in [0.1, 0.15) is 13.3 Å². The Hall–Kier alpha value is 0.467. The first-order valence-electron chi connectivity index (χ1n) is 2.53. The Morgan fingerprint density at radius 2 is 2.29 bits per heavy atom. The number of halogens is 1. The lowest BCUT2D eigenvalue weighted by Gasteiger charge is -1.99. The molecule has 1 unspecified atom stereocenters. The van der Waals surface area contributed by atoms with Crippen molar-refractivity contribution in [1.82, 2.24) is 0 Å². The van der Waals surface area contributed by atoms with Gasteiger partial charge in [-0.3, -0.25) is 0 Å². The predicted molar refractivity (Wildman–Crippen MR) is 35.1 cm³/mol. The van der Waals surface area contributed by atoms with Crippen molar-refractivity contribution in [3.63, 3.8) is 0 Å². The van der Waals surface area contributed by atoms with Gasteiger partial charge < -0.3 is 4.43 Å². The molecule has 0 bridgehead atoms. The Morgan fingerprint density at radius 3 is 2.43 bits per heavy atom. The van der Waals surface area contributed by atoms with Gasteiger partial charge in [0.1, 0.15) is 0 Å². The van der Waals surface area contributed by atoms with E-state index in [1.807, 2.05) is 6.55 Å². The molecule has 0 aliphatic carbocycles. The second-order valence-electron chi connectivity index (χ2n) is 1.41. The topological polar surface area (TPSA) is 9.23 Å². The van der Waals surface area contributed by atoms with Gasteiger partial charge in [-0.15, -0.1) is 11.1 Å². The second-order valence-corrected chi connectivity index (χ2v) is 4.68. The summed E-state index contributed by atoms with van der Waals surface area (Å²) < 4.78 is 5.10. The van der Waals surface area contributed by atoms with Gasteiger partial charge >= 0.3 is 0 Å². The largest absolute Gasteiger partial charge is 0.406 e. The van der Waals surface area contributed by atoms with E-state index in [0.717, 1.165) is 13.0 Å². The zero-order valence-corrected chi connectivity index (χ0v) is 6.69. The highest BCUT2D eigenvalue weighted by molar-refractivity contribution is 7.02. The van der Waals surface area contributed by atoms with Crippen LogP contribution in [0.2, 0.25) is 6.55 Å². The molecule has 0 rings (SSSR count). The molecule has 0 aliphatic rings. The van der Waals surface area contributed by atoms with E-state index < -0.39 is 8.35 Å². The quantitative estimate of drug-likeness (QED) is 0.424. The van der Waals surface area contributed by atoms with Crippen LogP contribution in [0.4, 0.5) is 0 Å². The number of rotatable bonds is 3. The van der Waals surface area contributed by atoms with Crippen LogP contribution in [-0.2, 0) is 4.43 Å². The molecule has 0 saturated carbocycles. The van der Waals surface area contributed by atoms with E-state index in [0.29, 0.717) is 0 Å². The van der Waals surface area contributed by atoms with E-state index in [1.54, 1.807) is 0 Å². The number of hydrogen-bond donors (Lipinski definition) is 0. The molecule has 0 aromatic rings. The first kappa shape index (κ1) is 7.47. The molecule has 0 aromatic heterocycles. The van der Waals surface area contributed by atoms with Crippen LogP contribution in [0, 0.1) is 0 Å². The van der Waals surface area contributed by atoms with Crippen LogP contribution in [0.15, 0.2) is 0 Å². The van der Waals surface area contributed by atoms with E-state index in [1.165, 1.54) is 0 Å². The lowest BCUT2D eigenvalue weighted by atomic mass is 10.5. The molecule has 0 N–H and O–H groups in total. The molecule has 1 atom stereocenters. The van der Waals surface area contributed by atoms with Gasteiger partial charge in [-0.1, -0.05) is 6.92 Å². The minimum atomic E-state index is -1.22. The lowest BCUT2D eigenvalue weighted by Crippen LogP contribution is -2.04. The molecule has 0 saturated heterocycles. The Balaban J connectivity index is 2.68. The normalized spacial score (nSPS) is 14.1. The average Bonchev–Trinajstić information content (AvgIpc) is 1.61. The summed E-state index contributed by atoms with van der Waals surface area (Å²) in [4.78, 5) is 0. The smallest absolute Gasteiger partial charge is 0.270 e. The van der Waals surface area contributed by atoms with Crippen LogP contribution >= 0.6 is 11.1 Å². The van der Waals surface area contributed by atoms with Crippen molar-refractivity contribution in [2.24, 2.45) is 0 Å². The Kier molecular flexibility index (Phi) is 4.93. The van der Waals surface area contributed by atoms with Crippen molar-refractivity contribution >= 4 is 19.4 Å². The minimum Gasteiger partial charge on any atom is -0.406 e. The summed E-state index contributed by atoms with van der Waals surface area (Å²) in [5.41, 5.74) is 0. The molecule has 44 valence electrons. The average molecular weight is 139 g/mol. The molecular weight excluding hydrogens is 128 g/mol. The maximum absolute atomic E-state index is 5.57. The minimum absolute atomic E-state index is 0.830. The standard InChI is InChI=1S/C4H11ClOSi/c1-3-4-6-7(2)5/h7H,3-4H2,1-2H3. The monoisotopic (exact) mass is 138 g/mol. The van der Waals surface area contributed by atoms with Gasteiger partial charge in [0.2, 0.25) is 0 Å². The summed E-state index contributed by atoms with van der Waals surface area (Å²) in [5.74, 6) is 0. The molecule has 0 aliphatic heterocycles. The highest BCUT2D eigenvalue weighted by Crippen LogP contribution is 1.90. The third-order valence-corrected chi connectivity index (χ3v) is 1.62. The van der Waals surface area contributed by atoms with E-state index in [-0.39, 0.29) is 0 Å². The van der Waals surface area contributed by atoms with Gasteiger partial charge in [0.15, 0.2) is 0 Å². The van der Waals surface area contributed by atoms with Gasteiger partial charge in [-0.2, -0.15) is 0 Å². The third kappa shape index (κ3) is 6.47. The Bertz CT molecular complexity index is 40.7. The first-order chi connectivity index (χ1) is 3.27. The molecule has 0 spiro atoms. The van der Waals surface area contributed by atoms with Crippen molar-refractivity contribution in [2.45, 2.75) is 19.9 Å². The Labute approximate surface area is 51.1 Å². The summed E-state index contributed by atoms with van der Waals surface area (Å²) in [6.45, 7) is 4.86. The maximum atomic E-state index is 5.57. The van der Waals surface area contributed by atoms with Crippen LogP contribution in [-0.4, -0.2) is 15.0 Å². The molecule has 0 amide bonds. The highest BCUT2D eigenvalue weighted by atomic mass is 35.6. The molecule has 0 heterocycles. The fraction of sp³-hybridized carbons (Fsp3) is 1.00. The molecule has 0 aromatic carbocycles. The van der Waals surface area contributed by atoms with Crippen molar-refractivity contribution < 1.29 is 4.43 Å². The summed E-state index contributed by atoms with van der Waals surface area (Å²) >= 11 is 5.57. The van der Waals surface area contributed by atoms with Crippen LogP contribution in [0.3, 0.4) is 0 Å². The van der Waals surface area contributed by atoms with Gasteiger partial charge in [0, 0.05) is 6.61 Å². The van der Waals surface area contributed by atoms with E-state index in [4.69, 9.17) is 15.5 Å². The van der Waals surface area contributed by atoms with Crippen LogP contribution < -0.4 is 0 Å². The van der Waals surface area contributed by atoms with Gasteiger partial charge in [0.25, 0.3) is 8.35 Å². The molecule has 1 nitrogen and oxygen atoms in total. The Morgan fingerprint density at radius 1 is 1.71 bits per heavy atom. The molecule has 3 heteroatoms. The van der Waals surface area contributed by atoms with Crippen LogP contribution in [0.5, 0.6) is 0 Å². The maximum Gasteiger partial charge on any atom is 0.270 e. The zero-order valence-electron chi connectivity index (χ0n) is 4.78. The SMILES string of the molecule is CCCO[SiH](C)Cl. The molecular formula is C4H11ClOSi. The second kappa shape index (κ2) is 4.62. The molecule has 7 heavy (non-hydrogen) atoms. The fourth-order valence-corrected chi connectivity index (χ4v) is 1.11. The van der Waals surface area contributed by atoms with E-state index in [9.17, 15) is 0 Å².